The fourth-order valence-corrected chi connectivity index (χ4v) is 2.51. The summed E-state index contributed by atoms with van der Waals surface area (Å²) in [7, 11) is 0. The van der Waals surface area contributed by atoms with E-state index >= 15 is 0 Å². The third-order valence-electron chi connectivity index (χ3n) is 3.50. The molecule has 18 heavy (non-hydrogen) atoms. The number of nitrogens with zero attached hydrogens (tertiary/aromatic N) is 3. The monoisotopic (exact) mass is 248 g/mol. The molecular formula is C14H24N4. The molecule has 0 radical (unpaired) electrons. The van der Waals surface area contributed by atoms with Gasteiger partial charge in [-0.1, -0.05) is 6.92 Å². The molecule has 1 saturated heterocycles. The lowest BCUT2D eigenvalue weighted by Crippen LogP contribution is -2.37. The standard InChI is InChI=1S/C14H24N4/c1-3-10-18(11-13-5-7-15-8-6-13)14-16-9-4-12(2)17-14/h4,9,13,15H,3,5-8,10-11H2,1-2H3. The molecule has 2 heterocycles. The normalized spacial score (nSPS) is 16.8. The molecule has 2 rings (SSSR count). The molecule has 1 N–H and O–H groups in total. The lowest BCUT2D eigenvalue weighted by Gasteiger charge is -2.30. The first-order valence-corrected chi connectivity index (χ1v) is 7.05. The molecule has 1 fully saturated rings. The summed E-state index contributed by atoms with van der Waals surface area (Å²) in [5, 5.41) is 3.42. The van der Waals surface area contributed by atoms with E-state index in [-0.39, 0.29) is 0 Å². The zero-order valence-electron chi connectivity index (χ0n) is 11.5. The number of anilines is 1. The summed E-state index contributed by atoms with van der Waals surface area (Å²) in [5.74, 6) is 1.68. The topological polar surface area (TPSA) is 41.0 Å². The molecule has 100 valence electrons. The lowest BCUT2D eigenvalue weighted by atomic mass is 9.97. The first-order valence-electron chi connectivity index (χ1n) is 7.05. The molecule has 0 aromatic carbocycles. The highest BCUT2D eigenvalue weighted by Crippen LogP contribution is 2.17. The van der Waals surface area contributed by atoms with Gasteiger partial charge < -0.3 is 10.2 Å². The maximum Gasteiger partial charge on any atom is 0.225 e. The Labute approximate surface area is 110 Å². The van der Waals surface area contributed by atoms with Crippen molar-refractivity contribution in [2.45, 2.75) is 33.1 Å². The number of aromatic nitrogens is 2. The van der Waals surface area contributed by atoms with Crippen LogP contribution in [0, 0.1) is 12.8 Å². The molecule has 0 amide bonds. The van der Waals surface area contributed by atoms with Crippen molar-refractivity contribution in [2.24, 2.45) is 5.92 Å². The van der Waals surface area contributed by atoms with Crippen molar-refractivity contribution in [3.8, 4) is 0 Å². The van der Waals surface area contributed by atoms with Gasteiger partial charge in [-0.3, -0.25) is 0 Å². The van der Waals surface area contributed by atoms with Crippen molar-refractivity contribution in [3.63, 3.8) is 0 Å². The largest absolute Gasteiger partial charge is 0.341 e. The molecule has 4 heteroatoms. The van der Waals surface area contributed by atoms with Gasteiger partial charge in [0.2, 0.25) is 5.95 Å². The van der Waals surface area contributed by atoms with Gasteiger partial charge in [-0.15, -0.1) is 0 Å². The van der Waals surface area contributed by atoms with Crippen LogP contribution in [0.4, 0.5) is 5.95 Å². The molecular weight excluding hydrogens is 224 g/mol. The van der Waals surface area contributed by atoms with E-state index in [0.29, 0.717) is 0 Å². The summed E-state index contributed by atoms with van der Waals surface area (Å²) >= 11 is 0. The van der Waals surface area contributed by atoms with Crippen LogP contribution in [0.1, 0.15) is 31.9 Å². The SMILES string of the molecule is CCCN(CC1CCNCC1)c1nccc(C)n1. The minimum Gasteiger partial charge on any atom is -0.341 e. The van der Waals surface area contributed by atoms with E-state index in [1.165, 1.54) is 12.8 Å². The van der Waals surface area contributed by atoms with Crippen molar-refractivity contribution in [2.75, 3.05) is 31.1 Å². The second-order valence-electron chi connectivity index (χ2n) is 5.14. The summed E-state index contributed by atoms with van der Waals surface area (Å²) < 4.78 is 0. The van der Waals surface area contributed by atoms with Gasteiger partial charge in [0.1, 0.15) is 0 Å². The molecule has 0 bridgehead atoms. The van der Waals surface area contributed by atoms with Crippen LogP contribution in [0.2, 0.25) is 0 Å². The maximum atomic E-state index is 4.56. The number of rotatable bonds is 5. The Morgan fingerprint density at radius 3 is 2.83 bits per heavy atom. The van der Waals surface area contributed by atoms with Crippen LogP contribution >= 0.6 is 0 Å². The van der Waals surface area contributed by atoms with Gasteiger partial charge in [0, 0.05) is 25.0 Å². The highest BCUT2D eigenvalue weighted by atomic mass is 15.2. The number of piperidine rings is 1. The number of aryl methyl sites for hydroxylation is 1. The lowest BCUT2D eigenvalue weighted by molar-refractivity contribution is 0.372. The molecule has 0 aliphatic carbocycles. The molecule has 0 saturated carbocycles. The van der Waals surface area contributed by atoms with Crippen LogP contribution < -0.4 is 10.2 Å². The van der Waals surface area contributed by atoms with E-state index < -0.39 is 0 Å². The second-order valence-corrected chi connectivity index (χ2v) is 5.14. The van der Waals surface area contributed by atoms with Gasteiger partial charge in [-0.2, -0.15) is 0 Å². The van der Waals surface area contributed by atoms with E-state index in [1.54, 1.807) is 0 Å². The number of nitrogens with one attached hydrogen (secondary N) is 1. The van der Waals surface area contributed by atoms with Crippen LogP contribution in [0.3, 0.4) is 0 Å². The molecule has 0 spiro atoms. The van der Waals surface area contributed by atoms with Gasteiger partial charge in [-0.05, 0) is 51.3 Å². The van der Waals surface area contributed by atoms with Crippen molar-refractivity contribution in [1.82, 2.24) is 15.3 Å². The first-order chi connectivity index (χ1) is 8.79. The summed E-state index contributed by atoms with van der Waals surface area (Å²) in [6.07, 6.45) is 5.54. The fraction of sp³-hybridized carbons (Fsp3) is 0.714. The molecule has 4 nitrogen and oxygen atoms in total. The van der Waals surface area contributed by atoms with E-state index in [9.17, 15) is 0 Å². The smallest absolute Gasteiger partial charge is 0.225 e. The molecule has 1 aliphatic rings. The van der Waals surface area contributed by atoms with E-state index in [4.69, 9.17) is 0 Å². The van der Waals surface area contributed by atoms with E-state index in [1.807, 2.05) is 19.2 Å². The average Bonchev–Trinajstić information content (AvgIpc) is 2.39. The average molecular weight is 248 g/mol. The minimum absolute atomic E-state index is 0.780. The van der Waals surface area contributed by atoms with Crippen LogP contribution in [-0.4, -0.2) is 36.1 Å². The Kier molecular flexibility index (Phi) is 4.93. The third-order valence-corrected chi connectivity index (χ3v) is 3.50. The summed E-state index contributed by atoms with van der Waals surface area (Å²) in [6.45, 7) is 8.69. The second kappa shape index (κ2) is 6.69. The molecule has 1 aliphatic heterocycles. The quantitative estimate of drug-likeness (QED) is 0.865. The Hall–Kier alpha value is -1.16. The number of hydrogen-bond donors (Lipinski definition) is 1. The minimum atomic E-state index is 0.780. The molecule has 1 aromatic rings. The van der Waals surface area contributed by atoms with E-state index in [0.717, 1.165) is 50.2 Å². The molecule has 1 aromatic heterocycles. The first kappa shape index (κ1) is 13.3. The molecule has 0 atom stereocenters. The van der Waals surface area contributed by atoms with Crippen molar-refractivity contribution in [3.05, 3.63) is 18.0 Å². The van der Waals surface area contributed by atoms with Crippen LogP contribution in [-0.2, 0) is 0 Å². The van der Waals surface area contributed by atoms with Crippen molar-refractivity contribution < 1.29 is 0 Å². The fourth-order valence-electron chi connectivity index (χ4n) is 2.51. The maximum absolute atomic E-state index is 4.56. The predicted molar refractivity (Wildman–Crippen MR) is 74.9 cm³/mol. The zero-order chi connectivity index (χ0) is 12.8. The Balaban J connectivity index is 2.02. The molecule has 0 unspecified atom stereocenters. The third kappa shape index (κ3) is 3.67. The highest BCUT2D eigenvalue weighted by Gasteiger charge is 2.18. The summed E-state index contributed by atoms with van der Waals surface area (Å²) in [6, 6.07) is 1.96. The van der Waals surface area contributed by atoms with Gasteiger partial charge in [0.15, 0.2) is 0 Å². The van der Waals surface area contributed by atoms with Gasteiger partial charge in [0.25, 0.3) is 0 Å². The summed E-state index contributed by atoms with van der Waals surface area (Å²) in [5.41, 5.74) is 1.05. The van der Waals surface area contributed by atoms with Crippen LogP contribution in [0.5, 0.6) is 0 Å². The van der Waals surface area contributed by atoms with Gasteiger partial charge in [0.05, 0.1) is 0 Å². The zero-order valence-corrected chi connectivity index (χ0v) is 11.5. The van der Waals surface area contributed by atoms with Crippen molar-refractivity contribution >= 4 is 5.95 Å². The van der Waals surface area contributed by atoms with Gasteiger partial charge in [-0.25, -0.2) is 9.97 Å². The Bertz CT molecular complexity index is 361. The predicted octanol–water partition coefficient (Wildman–Crippen LogP) is 2.00. The van der Waals surface area contributed by atoms with Crippen LogP contribution in [0.15, 0.2) is 12.3 Å². The Morgan fingerprint density at radius 2 is 2.17 bits per heavy atom. The number of hydrogen-bond acceptors (Lipinski definition) is 4. The van der Waals surface area contributed by atoms with Crippen molar-refractivity contribution in [1.29, 1.82) is 0 Å². The van der Waals surface area contributed by atoms with Crippen LogP contribution in [0.25, 0.3) is 0 Å². The highest BCUT2D eigenvalue weighted by molar-refractivity contribution is 5.30. The van der Waals surface area contributed by atoms with Gasteiger partial charge >= 0.3 is 0 Å². The van der Waals surface area contributed by atoms with E-state index in [2.05, 4.69) is 27.1 Å². The summed E-state index contributed by atoms with van der Waals surface area (Å²) in [4.78, 5) is 11.3. The Morgan fingerprint density at radius 1 is 1.39 bits per heavy atom.